The number of nitrogens with one attached hydrogen (secondary N) is 1. The van der Waals surface area contributed by atoms with E-state index in [1.54, 1.807) is 6.20 Å². The van der Waals surface area contributed by atoms with Crippen molar-refractivity contribution in [2.75, 3.05) is 42.8 Å². The molecule has 2 aromatic heterocycles. The molecular weight excluding hydrogens is 323 g/mol. The van der Waals surface area contributed by atoms with Crippen LogP contribution in [-0.4, -0.2) is 47.8 Å². The van der Waals surface area contributed by atoms with Gasteiger partial charge in [0.25, 0.3) is 0 Å². The number of hydrogen-bond acceptors (Lipinski definition) is 7. The molecule has 0 aromatic carbocycles. The molecule has 2 aromatic rings. The molecule has 4 heterocycles. The van der Waals surface area contributed by atoms with Crippen molar-refractivity contribution in [3.05, 3.63) is 42.1 Å². The summed E-state index contributed by atoms with van der Waals surface area (Å²) >= 11 is 0. The highest BCUT2D eigenvalue weighted by molar-refractivity contribution is 5.45. The lowest BCUT2D eigenvalue weighted by atomic mass is 10.1. The summed E-state index contributed by atoms with van der Waals surface area (Å²) < 4.78 is 19.5. The van der Waals surface area contributed by atoms with Crippen LogP contribution in [0.3, 0.4) is 0 Å². The number of morpholine rings is 1. The molecule has 2 aliphatic rings. The van der Waals surface area contributed by atoms with Crippen LogP contribution in [0.15, 0.2) is 30.6 Å². The van der Waals surface area contributed by atoms with Crippen LogP contribution >= 0.6 is 0 Å². The van der Waals surface area contributed by atoms with Gasteiger partial charge in [-0.1, -0.05) is 6.07 Å². The summed E-state index contributed by atoms with van der Waals surface area (Å²) in [5, 5.41) is 1.90. The van der Waals surface area contributed by atoms with E-state index < -0.39 is 5.82 Å². The zero-order valence-electron chi connectivity index (χ0n) is 13.9. The smallest absolute Gasteiger partial charge is 0.242 e. The monoisotopic (exact) mass is 344 g/mol. The first-order chi connectivity index (χ1) is 12.3. The molecule has 132 valence electrons. The highest BCUT2D eigenvalue weighted by Crippen LogP contribution is 2.25. The van der Waals surface area contributed by atoms with Crippen molar-refractivity contribution < 1.29 is 9.13 Å². The van der Waals surface area contributed by atoms with Crippen molar-refractivity contribution in [3.8, 4) is 0 Å². The Labute approximate surface area is 145 Å². The number of ether oxygens (including phenoxy) is 1. The molecule has 0 saturated carbocycles. The Balaban J connectivity index is 1.54. The van der Waals surface area contributed by atoms with E-state index in [9.17, 15) is 4.39 Å². The molecule has 8 heteroatoms. The number of halogens is 1. The first-order valence-electron chi connectivity index (χ1n) is 8.61. The Bertz CT molecular complexity index is 710. The predicted octanol–water partition coefficient (Wildman–Crippen LogP) is 1.69. The molecule has 0 aliphatic carbocycles. The van der Waals surface area contributed by atoms with Crippen LogP contribution in [0.5, 0.6) is 0 Å². The predicted molar refractivity (Wildman–Crippen MR) is 91.7 cm³/mol. The van der Waals surface area contributed by atoms with E-state index in [1.165, 1.54) is 6.20 Å². The van der Waals surface area contributed by atoms with Gasteiger partial charge in [0.1, 0.15) is 0 Å². The van der Waals surface area contributed by atoms with Gasteiger partial charge in [-0.25, -0.2) is 14.8 Å². The van der Waals surface area contributed by atoms with Gasteiger partial charge in [-0.2, -0.15) is 4.98 Å². The Kier molecular flexibility index (Phi) is 4.71. The third kappa shape index (κ3) is 3.54. The molecule has 4 rings (SSSR count). The van der Waals surface area contributed by atoms with Gasteiger partial charge in [-0.15, -0.1) is 0 Å². The number of anilines is 2. The largest absolute Gasteiger partial charge is 0.378 e. The molecule has 1 unspecified atom stereocenters. The van der Waals surface area contributed by atoms with Crippen molar-refractivity contribution in [1.29, 1.82) is 0 Å². The summed E-state index contributed by atoms with van der Waals surface area (Å²) in [5.74, 6) is 0.433. The molecule has 2 saturated heterocycles. The third-order valence-corrected chi connectivity index (χ3v) is 4.50. The highest BCUT2D eigenvalue weighted by atomic mass is 19.1. The lowest BCUT2D eigenvalue weighted by molar-refractivity contribution is 0.122. The van der Waals surface area contributed by atoms with Crippen molar-refractivity contribution >= 4 is 11.8 Å². The van der Waals surface area contributed by atoms with Crippen molar-refractivity contribution in [2.45, 2.75) is 18.9 Å². The lowest BCUT2D eigenvalue weighted by Crippen LogP contribution is -2.46. The van der Waals surface area contributed by atoms with Gasteiger partial charge in [0.05, 0.1) is 31.1 Å². The normalized spacial score (nSPS) is 21.4. The SMILES string of the molecule is Fc1cnc(N2CCCC(c3ccccn3)N2)nc1N1CCOCC1. The van der Waals surface area contributed by atoms with Gasteiger partial charge >= 0.3 is 0 Å². The highest BCUT2D eigenvalue weighted by Gasteiger charge is 2.25. The molecule has 0 spiro atoms. The summed E-state index contributed by atoms with van der Waals surface area (Å²) in [6.07, 6.45) is 5.02. The van der Waals surface area contributed by atoms with Gasteiger partial charge in [-0.3, -0.25) is 9.99 Å². The van der Waals surface area contributed by atoms with Crippen LogP contribution in [0.1, 0.15) is 24.6 Å². The molecule has 7 nitrogen and oxygen atoms in total. The topological polar surface area (TPSA) is 66.4 Å². The second-order valence-electron chi connectivity index (χ2n) is 6.17. The minimum atomic E-state index is -0.399. The summed E-state index contributed by atoms with van der Waals surface area (Å²) in [4.78, 5) is 15.0. The fourth-order valence-corrected chi connectivity index (χ4v) is 3.20. The minimum absolute atomic E-state index is 0.107. The summed E-state index contributed by atoms with van der Waals surface area (Å²) in [5.41, 5.74) is 4.40. The number of rotatable bonds is 3. The lowest BCUT2D eigenvalue weighted by Gasteiger charge is -2.34. The summed E-state index contributed by atoms with van der Waals surface area (Å²) in [6, 6.07) is 6.00. The van der Waals surface area contributed by atoms with Crippen LogP contribution in [-0.2, 0) is 4.74 Å². The molecular formula is C17H21FN6O. The summed E-state index contributed by atoms with van der Waals surface area (Å²) in [7, 11) is 0. The van der Waals surface area contributed by atoms with E-state index in [0.29, 0.717) is 38.1 Å². The Morgan fingerprint density at radius 2 is 2.04 bits per heavy atom. The van der Waals surface area contributed by atoms with Crippen LogP contribution in [0.2, 0.25) is 0 Å². The number of nitrogens with zero attached hydrogens (tertiary/aromatic N) is 5. The molecule has 0 bridgehead atoms. The van der Waals surface area contributed by atoms with Crippen molar-refractivity contribution in [1.82, 2.24) is 20.4 Å². The van der Waals surface area contributed by atoms with Crippen LogP contribution in [0.4, 0.5) is 16.2 Å². The van der Waals surface area contributed by atoms with E-state index >= 15 is 0 Å². The van der Waals surface area contributed by atoms with E-state index in [0.717, 1.165) is 25.1 Å². The van der Waals surface area contributed by atoms with Gasteiger partial charge in [0, 0.05) is 25.8 Å². The van der Waals surface area contributed by atoms with Crippen molar-refractivity contribution in [3.63, 3.8) is 0 Å². The zero-order valence-corrected chi connectivity index (χ0v) is 13.9. The maximum absolute atomic E-state index is 14.2. The number of pyridine rings is 1. The number of hydrazine groups is 1. The average molecular weight is 344 g/mol. The van der Waals surface area contributed by atoms with E-state index in [1.807, 2.05) is 28.1 Å². The number of hydrogen-bond donors (Lipinski definition) is 1. The molecule has 2 fully saturated rings. The standard InChI is InChI=1S/C17H21FN6O/c18-13-12-20-17(21-16(13)23-8-10-25-11-9-23)24-7-3-5-15(22-24)14-4-1-2-6-19-14/h1-2,4,6,12,15,22H,3,5,7-11H2. The molecule has 1 N–H and O–H groups in total. The maximum Gasteiger partial charge on any atom is 0.242 e. The molecule has 25 heavy (non-hydrogen) atoms. The molecule has 0 amide bonds. The Hall–Kier alpha value is -2.32. The Morgan fingerprint density at radius 3 is 2.84 bits per heavy atom. The quantitative estimate of drug-likeness (QED) is 0.909. The van der Waals surface area contributed by atoms with Crippen LogP contribution < -0.4 is 15.3 Å². The van der Waals surface area contributed by atoms with Crippen LogP contribution in [0.25, 0.3) is 0 Å². The second kappa shape index (κ2) is 7.28. The average Bonchev–Trinajstić information content (AvgIpc) is 2.70. The first-order valence-corrected chi connectivity index (χ1v) is 8.61. The minimum Gasteiger partial charge on any atom is -0.378 e. The van der Waals surface area contributed by atoms with Crippen LogP contribution in [0, 0.1) is 5.82 Å². The zero-order chi connectivity index (χ0) is 17.1. The number of aromatic nitrogens is 3. The Morgan fingerprint density at radius 1 is 1.16 bits per heavy atom. The third-order valence-electron chi connectivity index (χ3n) is 4.50. The van der Waals surface area contributed by atoms with E-state index in [4.69, 9.17) is 4.74 Å². The second-order valence-corrected chi connectivity index (χ2v) is 6.17. The van der Waals surface area contributed by atoms with Gasteiger partial charge in [-0.05, 0) is 25.0 Å². The summed E-state index contributed by atoms with van der Waals surface area (Å²) in [6.45, 7) is 3.22. The molecule has 2 aliphatic heterocycles. The molecule has 1 atom stereocenters. The van der Waals surface area contributed by atoms with E-state index in [-0.39, 0.29) is 6.04 Å². The maximum atomic E-state index is 14.2. The first kappa shape index (κ1) is 16.2. The van der Waals surface area contributed by atoms with Gasteiger partial charge < -0.3 is 9.64 Å². The fraction of sp³-hybridized carbons (Fsp3) is 0.471. The fourth-order valence-electron chi connectivity index (χ4n) is 3.20. The van der Waals surface area contributed by atoms with Gasteiger partial charge in [0.15, 0.2) is 11.6 Å². The van der Waals surface area contributed by atoms with Crippen molar-refractivity contribution in [2.24, 2.45) is 0 Å². The van der Waals surface area contributed by atoms with Gasteiger partial charge in [0.2, 0.25) is 5.95 Å². The van der Waals surface area contributed by atoms with E-state index in [2.05, 4.69) is 20.4 Å². The molecule has 0 radical (unpaired) electrons.